The number of primary amides is 1. The summed E-state index contributed by atoms with van der Waals surface area (Å²) in [7, 11) is 0. The van der Waals surface area contributed by atoms with Crippen molar-refractivity contribution in [2.45, 2.75) is 13.8 Å². The number of carbonyl (C=O) groups is 1. The number of H-pyrrole nitrogens is 1. The average molecular weight is 464 g/mol. The number of benzene rings is 2. The normalized spacial score (nSPS) is 10.4. The first-order valence-electron chi connectivity index (χ1n) is 10.1. The zero-order valence-corrected chi connectivity index (χ0v) is 18.7. The molecule has 168 valence electrons. The number of halogens is 1. The molecule has 0 bridgehead atoms. The summed E-state index contributed by atoms with van der Waals surface area (Å²) in [6.45, 7) is 4.00. The van der Waals surface area contributed by atoms with E-state index >= 15 is 0 Å². The van der Waals surface area contributed by atoms with Crippen molar-refractivity contribution in [3.05, 3.63) is 83.1 Å². The number of aromatic amines is 1. The second kappa shape index (κ2) is 11.4. The van der Waals surface area contributed by atoms with Gasteiger partial charge in [-0.3, -0.25) is 9.89 Å². The van der Waals surface area contributed by atoms with E-state index in [0.29, 0.717) is 22.3 Å². The maximum atomic E-state index is 12.0. The molecule has 33 heavy (non-hydrogen) atoms. The molecule has 0 saturated heterocycles. The minimum atomic E-state index is -0.677. The molecule has 0 saturated carbocycles. The Morgan fingerprint density at radius 3 is 2.61 bits per heavy atom. The molecule has 0 aliphatic heterocycles. The lowest BCUT2D eigenvalue weighted by Gasteiger charge is -2.05. The molecule has 9 nitrogen and oxygen atoms in total. The highest BCUT2D eigenvalue weighted by molar-refractivity contribution is 6.30. The smallest absolute Gasteiger partial charge is 0.321 e. The molecular weight excluding hydrogens is 442 g/mol. The van der Waals surface area contributed by atoms with Crippen molar-refractivity contribution in [3.63, 3.8) is 0 Å². The molecule has 0 aliphatic rings. The van der Waals surface area contributed by atoms with Gasteiger partial charge in [-0.15, -0.1) is 0 Å². The van der Waals surface area contributed by atoms with Gasteiger partial charge in [0.05, 0.1) is 0 Å². The van der Waals surface area contributed by atoms with Crippen LogP contribution in [0.25, 0.3) is 0 Å². The van der Waals surface area contributed by atoms with Crippen molar-refractivity contribution >= 4 is 41.0 Å². The van der Waals surface area contributed by atoms with Crippen molar-refractivity contribution in [1.82, 2.24) is 20.2 Å². The quantitative estimate of drug-likeness (QED) is 0.320. The Hall–Kier alpha value is -4.24. The van der Waals surface area contributed by atoms with Crippen LogP contribution in [0.4, 0.5) is 17.3 Å². The van der Waals surface area contributed by atoms with Crippen molar-refractivity contribution in [2.24, 2.45) is 10.7 Å². The summed E-state index contributed by atoms with van der Waals surface area (Å²) in [5, 5.41) is 10.4. The number of carbonyl (C=O) groups excluding carboxylic acids is 1. The molecule has 4 N–H and O–H groups in total. The van der Waals surface area contributed by atoms with Crippen LogP contribution in [0.15, 0.2) is 72.0 Å². The number of nitrogens with one attached hydrogen (secondary N) is 2. The summed E-state index contributed by atoms with van der Waals surface area (Å²) in [5.74, 6) is 0.328. The highest BCUT2D eigenvalue weighted by Gasteiger charge is 2.18. The third-order valence-electron chi connectivity index (χ3n) is 4.03. The molecule has 0 radical (unpaired) electrons. The van der Waals surface area contributed by atoms with Crippen LogP contribution >= 0.6 is 11.6 Å². The molecule has 2 aromatic heterocycles. The molecular formula is C23H22ClN7O2. The van der Waals surface area contributed by atoms with Crippen LogP contribution in [0.2, 0.25) is 5.02 Å². The van der Waals surface area contributed by atoms with Gasteiger partial charge in [0.15, 0.2) is 5.82 Å². The molecule has 10 heteroatoms. The SMILES string of the molecule is CC.NC(=O)c1c(N=Cc2cccc(Oc3ncccn3)c2)n[nH]c1Nc1cccc(Cl)c1. The second-order valence-electron chi connectivity index (χ2n) is 6.26. The first kappa shape index (κ1) is 23.4. The predicted molar refractivity (Wildman–Crippen MR) is 129 cm³/mol. The van der Waals surface area contributed by atoms with E-state index in [2.05, 4.69) is 30.5 Å². The maximum Gasteiger partial charge on any atom is 0.321 e. The molecule has 4 rings (SSSR count). The van der Waals surface area contributed by atoms with Crippen molar-refractivity contribution in [2.75, 3.05) is 5.32 Å². The van der Waals surface area contributed by atoms with Crippen LogP contribution < -0.4 is 15.8 Å². The maximum absolute atomic E-state index is 12.0. The number of anilines is 2. The van der Waals surface area contributed by atoms with Crippen LogP contribution in [-0.2, 0) is 0 Å². The number of rotatable bonds is 7. The van der Waals surface area contributed by atoms with Gasteiger partial charge < -0.3 is 15.8 Å². The number of hydrogen-bond donors (Lipinski definition) is 3. The van der Waals surface area contributed by atoms with Crippen LogP contribution in [0.3, 0.4) is 0 Å². The Morgan fingerprint density at radius 2 is 1.88 bits per heavy atom. The van der Waals surface area contributed by atoms with Crippen molar-refractivity contribution in [1.29, 1.82) is 0 Å². The van der Waals surface area contributed by atoms with E-state index in [-0.39, 0.29) is 17.4 Å². The van der Waals surface area contributed by atoms with Crippen molar-refractivity contribution < 1.29 is 9.53 Å². The Labute approximate surface area is 195 Å². The molecule has 0 unspecified atom stereocenters. The Morgan fingerprint density at radius 1 is 1.12 bits per heavy atom. The lowest BCUT2D eigenvalue weighted by Crippen LogP contribution is -2.12. The van der Waals surface area contributed by atoms with Crippen molar-refractivity contribution in [3.8, 4) is 11.8 Å². The van der Waals surface area contributed by atoms with Gasteiger partial charge in [-0.05, 0) is 42.0 Å². The molecule has 2 aromatic carbocycles. The number of nitrogens with two attached hydrogens (primary N) is 1. The number of nitrogens with zero attached hydrogens (tertiary/aromatic N) is 4. The second-order valence-corrected chi connectivity index (χ2v) is 6.70. The Balaban J connectivity index is 0.00000149. The largest absolute Gasteiger partial charge is 0.424 e. The topological polar surface area (TPSA) is 131 Å². The Bertz CT molecular complexity index is 1240. The summed E-state index contributed by atoms with van der Waals surface area (Å²) in [4.78, 5) is 24.4. The summed E-state index contributed by atoms with van der Waals surface area (Å²) in [5.41, 5.74) is 7.06. The van der Waals surface area contributed by atoms with Gasteiger partial charge in [0.25, 0.3) is 5.91 Å². The zero-order chi connectivity index (χ0) is 23.6. The minimum Gasteiger partial charge on any atom is -0.424 e. The van der Waals surface area contributed by atoms with E-state index in [4.69, 9.17) is 22.1 Å². The summed E-state index contributed by atoms with van der Waals surface area (Å²) < 4.78 is 5.61. The summed E-state index contributed by atoms with van der Waals surface area (Å²) in [6, 6.07) is 16.1. The first-order valence-corrected chi connectivity index (χ1v) is 10.5. The molecule has 4 aromatic rings. The summed E-state index contributed by atoms with van der Waals surface area (Å²) >= 11 is 6.00. The number of amides is 1. The lowest BCUT2D eigenvalue weighted by molar-refractivity contribution is 0.100. The van der Waals surface area contributed by atoms with E-state index in [1.807, 2.05) is 19.9 Å². The third-order valence-corrected chi connectivity index (χ3v) is 4.27. The number of aliphatic imine (C=N–C) groups is 1. The summed E-state index contributed by atoms with van der Waals surface area (Å²) in [6.07, 6.45) is 4.72. The monoisotopic (exact) mass is 463 g/mol. The number of aromatic nitrogens is 4. The molecule has 0 fully saturated rings. The first-order chi connectivity index (χ1) is 16.1. The third kappa shape index (κ3) is 6.37. The number of ether oxygens (including phenoxy) is 1. The van der Waals surface area contributed by atoms with Gasteiger partial charge in [0.1, 0.15) is 17.1 Å². The fourth-order valence-corrected chi connectivity index (χ4v) is 2.89. The fourth-order valence-electron chi connectivity index (χ4n) is 2.70. The van der Waals surface area contributed by atoms with Gasteiger partial charge in [0, 0.05) is 29.3 Å². The Kier molecular flexibility index (Phi) is 8.09. The van der Waals surface area contributed by atoms with Gasteiger partial charge in [-0.2, -0.15) is 5.10 Å². The highest BCUT2D eigenvalue weighted by Crippen LogP contribution is 2.27. The molecule has 1 amide bonds. The van der Waals surface area contributed by atoms with E-state index in [1.54, 1.807) is 67.1 Å². The number of hydrogen-bond acceptors (Lipinski definition) is 7. The van der Waals surface area contributed by atoms with Gasteiger partial charge in [-0.1, -0.05) is 43.6 Å². The van der Waals surface area contributed by atoms with E-state index in [0.717, 1.165) is 5.56 Å². The molecule has 0 spiro atoms. The fraction of sp³-hybridized carbons (Fsp3) is 0.0870. The molecule has 0 aliphatic carbocycles. The average Bonchev–Trinajstić information content (AvgIpc) is 3.22. The van der Waals surface area contributed by atoms with E-state index in [9.17, 15) is 4.79 Å². The van der Waals surface area contributed by atoms with Gasteiger partial charge >= 0.3 is 6.01 Å². The van der Waals surface area contributed by atoms with Crippen LogP contribution in [0, 0.1) is 0 Å². The van der Waals surface area contributed by atoms with E-state index in [1.165, 1.54) is 0 Å². The van der Waals surface area contributed by atoms with Gasteiger partial charge in [0.2, 0.25) is 0 Å². The molecule has 2 heterocycles. The zero-order valence-electron chi connectivity index (χ0n) is 18.0. The van der Waals surface area contributed by atoms with E-state index < -0.39 is 5.91 Å². The predicted octanol–water partition coefficient (Wildman–Crippen LogP) is 5.26. The standard InChI is InChI=1S/C21H16ClN7O2.C2H6/c22-14-5-2-6-15(11-14)27-20-17(18(23)30)19(28-29-20)26-12-13-4-1-7-16(10-13)31-21-24-8-3-9-25-21;1-2/h1-12H,(H2,23,30)(H2,27,28,29);1-2H3. The van der Waals surface area contributed by atoms with Crippen LogP contribution in [0.5, 0.6) is 11.8 Å². The molecule has 0 atom stereocenters. The van der Waals surface area contributed by atoms with Gasteiger partial charge in [-0.25, -0.2) is 15.0 Å². The lowest BCUT2D eigenvalue weighted by atomic mass is 10.2. The highest BCUT2D eigenvalue weighted by atomic mass is 35.5. The van der Waals surface area contributed by atoms with Crippen LogP contribution in [-0.4, -0.2) is 32.3 Å². The van der Waals surface area contributed by atoms with Crippen LogP contribution in [0.1, 0.15) is 29.8 Å². The minimum absolute atomic E-state index is 0.126.